The van der Waals surface area contributed by atoms with Crippen molar-refractivity contribution in [2.24, 2.45) is 11.8 Å². The molecule has 2 saturated carbocycles. The maximum atomic E-state index is 12.6. The topological polar surface area (TPSA) is 104 Å². The number of anilines is 1. The van der Waals surface area contributed by atoms with Gasteiger partial charge in [0.2, 0.25) is 0 Å². The highest BCUT2D eigenvalue weighted by Gasteiger charge is 2.40. The lowest BCUT2D eigenvalue weighted by atomic mass is 9.86. The number of carbonyl (C=O) groups is 1. The predicted octanol–water partition coefficient (Wildman–Crippen LogP) is 2.80. The molecule has 2 fully saturated rings. The molecule has 1 amide bonds. The lowest BCUT2D eigenvalue weighted by Gasteiger charge is -2.19. The molecule has 2 heterocycles. The molecule has 3 atom stereocenters. The van der Waals surface area contributed by atoms with Gasteiger partial charge in [-0.3, -0.25) is 14.7 Å². The van der Waals surface area contributed by atoms with E-state index in [1.54, 1.807) is 24.3 Å². The van der Waals surface area contributed by atoms with E-state index in [9.17, 15) is 9.59 Å². The quantitative estimate of drug-likeness (QED) is 0.676. The molecular weight excluding hydrogens is 330 g/mol. The molecule has 2 aliphatic rings. The molecule has 3 unspecified atom stereocenters. The Hall–Kier alpha value is -2.96. The van der Waals surface area contributed by atoms with E-state index < -0.39 is 0 Å². The standard InChI is InChI=1S/C19H19N5O2/c25-18-13-4-2-1-3-12(13)17(23-24-18)19(26)20-16-9-15(21-22-16)14-8-10-5-6-11(14)7-10/h1-4,9-11,14H,5-8H2,(H,24,25)(H2,20,21,22,26). The molecule has 2 aromatic heterocycles. The van der Waals surface area contributed by atoms with Crippen molar-refractivity contribution in [1.82, 2.24) is 20.4 Å². The highest BCUT2D eigenvalue weighted by molar-refractivity contribution is 6.10. The third-order valence-electron chi connectivity index (χ3n) is 5.89. The van der Waals surface area contributed by atoms with Crippen LogP contribution in [0, 0.1) is 11.8 Å². The van der Waals surface area contributed by atoms with Crippen molar-refractivity contribution < 1.29 is 4.79 Å². The van der Waals surface area contributed by atoms with Gasteiger partial charge in [0.25, 0.3) is 11.5 Å². The minimum absolute atomic E-state index is 0.185. The molecule has 7 nitrogen and oxygen atoms in total. The SMILES string of the molecule is O=C(Nc1cc(C2CC3CCC2C3)[nH]n1)c1n[nH]c(=O)c2ccccc12. The maximum Gasteiger partial charge on any atom is 0.277 e. The molecular formula is C19H19N5O2. The predicted molar refractivity (Wildman–Crippen MR) is 97.1 cm³/mol. The largest absolute Gasteiger partial charge is 0.304 e. The number of hydrogen-bond donors (Lipinski definition) is 3. The molecule has 2 aliphatic carbocycles. The Labute approximate surface area is 149 Å². The summed E-state index contributed by atoms with van der Waals surface area (Å²) in [5, 5.41) is 17.4. The third-order valence-corrected chi connectivity index (χ3v) is 5.89. The molecule has 3 N–H and O–H groups in total. The average Bonchev–Trinajstić information content (AvgIpc) is 3.39. The fraction of sp³-hybridized carbons (Fsp3) is 0.368. The Kier molecular flexibility index (Phi) is 3.41. The summed E-state index contributed by atoms with van der Waals surface area (Å²) in [6, 6.07) is 8.86. The number of hydrogen-bond acceptors (Lipinski definition) is 4. The lowest BCUT2D eigenvalue weighted by Crippen LogP contribution is -2.19. The van der Waals surface area contributed by atoms with Crippen LogP contribution in [0.1, 0.15) is 47.8 Å². The highest BCUT2D eigenvalue weighted by atomic mass is 16.2. The Morgan fingerprint density at radius 3 is 2.69 bits per heavy atom. The first-order chi connectivity index (χ1) is 12.7. The average molecular weight is 349 g/mol. The lowest BCUT2D eigenvalue weighted by molar-refractivity contribution is 0.102. The van der Waals surface area contributed by atoms with E-state index in [0.717, 1.165) is 17.5 Å². The van der Waals surface area contributed by atoms with Crippen molar-refractivity contribution >= 4 is 22.5 Å². The van der Waals surface area contributed by atoms with E-state index in [1.165, 1.54) is 25.7 Å². The van der Waals surface area contributed by atoms with Crippen molar-refractivity contribution in [2.75, 3.05) is 5.32 Å². The summed E-state index contributed by atoms with van der Waals surface area (Å²) in [6.07, 6.45) is 5.18. The Morgan fingerprint density at radius 1 is 1.08 bits per heavy atom. The summed E-state index contributed by atoms with van der Waals surface area (Å²) >= 11 is 0. The first-order valence-corrected chi connectivity index (χ1v) is 9.03. The van der Waals surface area contributed by atoms with Gasteiger partial charge in [-0.05, 0) is 37.2 Å². The van der Waals surface area contributed by atoms with Gasteiger partial charge in [-0.2, -0.15) is 10.2 Å². The summed E-state index contributed by atoms with van der Waals surface area (Å²) in [5.74, 6) is 2.23. The smallest absolute Gasteiger partial charge is 0.277 e. The number of nitrogens with zero attached hydrogens (tertiary/aromatic N) is 2. The molecule has 0 radical (unpaired) electrons. The second-order valence-corrected chi connectivity index (χ2v) is 7.39. The zero-order valence-corrected chi connectivity index (χ0v) is 14.2. The van der Waals surface area contributed by atoms with Crippen LogP contribution in [0.2, 0.25) is 0 Å². The van der Waals surface area contributed by atoms with Crippen LogP contribution in [-0.2, 0) is 0 Å². The maximum absolute atomic E-state index is 12.6. The van der Waals surface area contributed by atoms with Gasteiger partial charge in [-0.1, -0.05) is 24.6 Å². The summed E-state index contributed by atoms with van der Waals surface area (Å²) < 4.78 is 0. The molecule has 7 heteroatoms. The number of rotatable bonds is 3. The number of aromatic nitrogens is 4. The summed E-state index contributed by atoms with van der Waals surface area (Å²) in [5.41, 5.74) is 0.979. The van der Waals surface area contributed by atoms with Gasteiger partial charge in [-0.25, -0.2) is 5.10 Å². The van der Waals surface area contributed by atoms with Crippen LogP contribution in [0.5, 0.6) is 0 Å². The number of carbonyl (C=O) groups excluding carboxylic acids is 1. The minimum atomic E-state index is -0.386. The zero-order chi connectivity index (χ0) is 17.7. The molecule has 5 rings (SSSR count). The second kappa shape index (κ2) is 5.79. The zero-order valence-electron chi connectivity index (χ0n) is 14.2. The van der Waals surface area contributed by atoms with Gasteiger partial charge < -0.3 is 5.32 Å². The summed E-state index contributed by atoms with van der Waals surface area (Å²) in [7, 11) is 0. The molecule has 0 saturated heterocycles. The van der Waals surface area contributed by atoms with Gasteiger partial charge in [0.15, 0.2) is 11.5 Å². The molecule has 0 spiro atoms. The number of amides is 1. The number of benzene rings is 1. The molecule has 1 aromatic carbocycles. The number of H-pyrrole nitrogens is 2. The first kappa shape index (κ1) is 15.3. The first-order valence-electron chi connectivity index (χ1n) is 9.03. The van der Waals surface area contributed by atoms with E-state index in [4.69, 9.17) is 0 Å². The van der Waals surface area contributed by atoms with E-state index >= 15 is 0 Å². The molecule has 3 aromatic rings. The second-order valence-electron chi connectivity index (χ2n) is 7.39. The van der Waals surface area contributed by atoms with Gasteiger partial charge in [0, 0.05) is 23.1 Å². The van der Waals surface area contributed by atoms with Gasteiger partial charge in [-0.15, -0.1) is 0 Å². The van der Waals surface area contributed by atoms with Crippen LogP contribution >= 0.6 is 0 Å². The van der Waals surface area contributed by atoms with E-state index in [-0.39, 0.29) is 17.2 Å². The number of fused-ring (bicyclic) bond motifs is 3. The molecule has 2 bridgehead atoms. The summed E-state index contributed by atoms with van der Waals surface area (Å²) in [6.45, 7) is 0. The summed E-state index contributed by atoms with van der Waals surface area (Å²) in [4.78, 5) is 24.5. The molecule has 0 aliphatic heterocycles. The van der Waals surface area contributed by atoms with E-state index in [0.29, 0.717) is 22.5 Å². The van der Waals surface area contributed by atoms with Gasteiger partial charge in [0.05, 0.1) is 5.39 Å². The van der Waals surface area contributed by atoms with Crippen LogP contribution < -0.4 is 10.9 Å². The van der Waals surface area contributed by atoms with E-state index in [2.05, 4.69) is 25.7 Å². The van der Waals surface area contributed by atoms with Crippen molar-refractivity contribution in [1.29, 1.82) is 0 Å². The third kappa shape index (κ3) is 2.42. The van der Waals surface area contributed by atoms with Crippen LogP contribution in [-0.4, -0.2) is 26.3 Å². The fourth-order valence-electron chi connectivity index (χ4n) is 4.68. The van der Waals surface area contributed by atoms with Crippen molar-refractivity contribution in [2.45, 2.75) is 31.6 Å². The van der Waals surface area contributed by atoms with Crippen molar-refractivity contribution in [3.8, 4) is 0 Å². The van der Waals surface area contributed by atoms with Gasteiger partial charge in [0.1, 0.15) is 0 Å². The Morgan fingerprint density at radius 2 is 1.92 bits per heavy atom. The highest BCUT2D eigenvalue weighted by Crippen LogP contribution is 2.52. The minimum Gasteiger partial charge on any atom is -0.304 e. The van der Waals surface area contributed by atoms with Crippen LogP contribution in [0.15, 0.2) is 35.1 Å². The van der Waals surface area contributed by atoms with Gasteiger partial charge >= 0.3 is 0 Å². The van der Waals surface area contributed by atoms with E-state index in [1.807, 2.05) is 6.07 Å². The Bertz CT molecular complexity index is 1050. The van der Waals surface area contributed by atoms with Crippen molar-refractivity contribution in [3.05, 3.63) is 52.1 Å². The van der Waals surface area contributed by atoms with Crippen LogP contribution in [0.4, 0.5) is 5.82 Å². The van der Waals surface area contributed by atoms with Crippen molar-refractivity contribution in [3.63, 3.8) is 0 Å². The monoisotopic (exact) mass is 349 g/mol. The normalized spacial score (nSPS) is 24.2. The molecule has 26 heavy (non-hydrogen) atoms. The Balaban J connectivity index is 1.40. The number of aromatic amines is 2. The fourth-order valence-corrected chi connectivity index (χ4v) is 4.68. The van der Waals surface area contributed by atoms with Crippen LogP contribution in [0.3, 0.4) is 0 Å². The molecule has 132 valence electrons. The number of nitrogens with one attached hydrogen (secondary N) is 3. The van der Waals surface area contributed by atoms with Crippen LogP contribution in [0.25, 0.3) is 10.8 Å².